The van der Waals surface area contributed by atoms with Crippen molar-refractivity contribution in [3.05, 3.63) is 65.7 Å². The van der Waals surface area contributed by atoms with E-state index in [4.69, 9.17) is 0 Å². The van der Waals surface area contributed by atoms with Gasteiger partial charge in [-0.2, -0.15) is 0 Å². The van der Waals surface area contributed by atoms with E-state index in [0.29, 0.717) is 18.4 Å². The molecule has 3 N–H and O–H groups in total. The van der Waals surface area contributed by atoms with Gasteiger partial charge in [-0.15, -0.1) is 0 Å². The molecule has 0 bridgehead atoms. The summed E-state index contributed by atoms with van der Waals surface area (Å²) in [7, 11) is 0. The molecule has 1 heterocycles. The van der Waals surface area contributed by atoms with Crippen LogP contribution in [0.2, 0.25) is 0 Å². The standard InChI is InChI=1S/C23H29NO3/c25-21-8-6-18(7-9-21)22(26)16-24-14-19-12-23(27,13-20(19)15-24)11-10-17-4-2-1-3-5-17/h1-9,19-20,22,25-27H,10-16H2/t19-,20+,22?,23?. The minimum absolute atomic E-state index is 0.219. The summed E-state index contributed by atoms with van der Waals surface area (Å²) in [5.41, 5.74) is 1.60. The molecule has 1 saturated carbocycles. The lowest BCUT2D eigenvalue weighted by Crippen LogP contribution is -2.32. The van der Waals surface area contributed by atoms with Crippen LogP contribution >= 0.6 is 0 Å². The lowest BCUT2D eigenvalue weighted by Gasteiger charge is -2.27. The van der Waals surface area contributed by atoms with Gasteiger partial charge in [0, 0.05) is 19.6 Å². The van der Waals surface area contributed by atoms with Crippen LogP contribution in [0.3, 0.4) is 0 Å². The third-order valence-electron chi connectivity index (χ3n) is 6.37. The topological polar surface area (TPSA) is 63.9 Å². The van der Waals surface area contributed by atoms with Gasteiger partial charge in [-0.25, -0.2) is 0 Å². The van der Waals surface area contributed by atoms with Crippen LogP contribution in [0.15, 0.2) is 54.6 Å². The molecule has 2 fully saturated rings. The first-order valence-electron chi connectivity index (χ1n) is 9.96. The van der Waals surface area contributed by atoms with Crippen molar-refractivity contribution in [3.63, 3.8) is 0 Å². The number of phenols is 1. The monoisotopic (exact) mass is 367 g/mol. The first kappa shape index (κ1) is 18.5. The Hall–Kier alpha value is -1.88. The number of aryl methyl sites for hydroxylation is 1. The molecule has 0 aromatic heterocycles. The molecule has 27 heavy (non-hydrogen) atoms. The van der Waals surface area contributed by atoms with Crippen molar-refractivity contribution in [1.29, 1.82) is 0 Å². The number of hydrogen-bond donors (Lipinski definition) is 3. The maximum Gasteiger partial charge on any atom is 0.115 e. The Morgan fingerprint density at radius 3 is 2.22 bits per heavy atom. The number of aliphatic hydroxyl groups excluding tert-OH is 1. The molecule has 4 heteroatoms. The third-order valence-corrected chi connectivity index (χ3v) is 6.37. The Balaban J connectivity index is 1.28. The van der Waals surface area contributed by atoms with Crippen LogP contribution in [-0.2, 0) is 6.42 Å². The highest BCUT2D eigenvalue weighted by Gasteiger charge is 2.47. The molecular formula is C23H29NO3. The Bertz CT molecular complexity index is 732. The first-order chi connectivity index (χ1) is 13.0. The van der Waals surface area contributed by atoms with Crippen molar-refractivity contribution in [2.45, 2.75) is 37.4 Å². The second-order valence-electron chi connectivity index (χ2n) is 8.46. The van der Waals surface area contributed by atoms with E-state index in [9.17, 15) is 15.3 Å². The van der Waals surface area contributed by atoms with Crippen molar-refractivity contribution >= 4 is 0 Å². The normalized spacial score (nSPS) is 29.0. The van der Waals surface area contributed by atoms with E-state index in [0.717, 1.165) is 44.3 Å². The van der Waals surface area contributed by atoms with Crippen molar-refractivity contribution < 1.29 is 15.3 Å². The lowest BCUT2D eigenvalue weighted by molar-refractivity contribution is 0.0247. The van der Waals surface area contributed by atoms with Crippen molar-refractivity contribution in [2.75, 3.05) is 19.6 Å². The Kier molecular flexibility index (Phi) is 5.22. The summed E-state index contributed by atoms with van der Waals surface area (Å²) in [5, 5.41) is 30.9. The molecule has 0 amide bonds. The highest BCUT2D eigenvalue weighted by atomic mass is 16.3. The van der Waals surface area contributed by atoms with Crippen LogP contribution in [0, 0.1) is 11.8 Å². The molecule has 2 aromatic rings. The maximum atomic E-state index is 11.0. The van der Waals surface area contributed by atoms with E-state index >= 15 is 0 Å². The number of aromatic hydroxyl groups is 1. The number of fused-ring (bicyclic) bond motifs is 1. The fraction of sp³-hybridized carbons (Fsp3) is 0.478. The number of β-amino-alcohol motifs (C(OH)–C–C–N with tert-alkyl or cyclic N) is 1. The Morgan fingerprint density at radius 1 is 0.963 bits per heavy atom. The van der Waals surface area contributed by atoms with E-state index < -0.39 is 11.7 Å². The Morgan fingerprint density at radius 2 is 1.59 bits per heavy atom. The first-order valence-corrected chi connectivity index (χ1v) is 9.96. The molecule has 1 aliphatic carbocycles. The molecule has 1 saturated heterocycles. The second kappa shape index (κ2) is 7.63. The fourth-order valence-corrected chi connectivity index (χ4v) is 4.98. The van der Waals surface area contributed by atoms with Gasteiger partial charge in [-0.05, 0) is 60.8 Å². The number of aliphatic hydroxyl groups is 2. The van der Waals surface area contributed by atoms with Crippen LogP contribution < -0.4 is 0 Å². The molecule has 2 aliphatic rings. The smallest absolute Gasteiger partial charge is 0.115 e. The van der Waals surface area contributed by atoms with Crippen molar-refractivity contribution in [2.24, 2.45) is 11.8 Å². The molecule has 4 atom stereocenters. The molecule has 4 nitrogen and oxygen atoms in total. The average Bonchev–Trinajstić information content (AvgIpc) is 3.16. The molecule has 144 valence electrons. The molecular weight excluding hydrogens is 338 g/mol. The number of likely N-dealkylation sites (tertiary alicyclic amines) is 1. The van der Waals surface area contributed by atoms with E-state index in [1.165, 1.54) is 5.56 Å². The third kappa shape index (κ3) is 4.34. The predicted octanol–water partition coefficient (Wildman–Crippen LogP) is 3.13. The highest BCUT2D eigenvalue weighted by Crippen LogP contribution is 2.46. The van der Waals surface area contributed by atoms with Crippen molar-refractivity contribution in [3.8, 4) is 5.75 Å². The number of rotatable bonds is 6. The predicted molar refractivity (Wildman–Crippen MR) is 105 cm³/mol. The number of benzene rings is 2. The molecule has 2 aromatic carbocycles. The summed E-state index contributed by atoms with van der Waals surface area (Å²) >= 11 is 0. The molecule has 0 spiro atoms. The van der Waals surface area contributed by atoms with Crippen LogP contribution in [0.25, 0.3) is 0 Å². The van der Waals surface area contributed by atoms with Crippen LogP contribution in [0.1, 0.15) is 36.5 Å². The van der Waals surface area contributed by atoms with Gasteiger partial charge >= 0.3 is 0 Å². The van der Waals surface area contributed by atoms with Gasteiger partial charge < -0.3 is 15.3 Å². The second-order valence-corrected chi connectivity index (χ2v) is 8.46. The minimum atomic E-state index is -0.540. The van der Waals surface area contributed by atoms with Crippen LogP contribution in [-0.4, -0.2) is 45.5 Å². The SMILES string of the molecule is Oc1ccc(C(O)CN2C[C@@H]3CC(O)(CCc4ccccc4)C[C@@H]3C2)cc1. The van der Waals surface area contributed by atoms with Gasteiger partial charge in [0.05, 0.1) is 11.7 Å². The van der Waals surface area contributed by atoms with Gasteiger partial charge in [0.1, 0.15) is 5.75 Å². The van der Waals surface area contributed by atoms with E-state index in [-0.39, 0.29) is 5.75 Å². The van der Waals surface area contributed by atoms with Gasteiger partial charge in [-0.1, -0.05) is 42.5 Å². The lowest BCUT2D eigenvalue weighted by atomic mass is 9.91. The van der Waals surface area contributed by atoms with Gasteiger partial charge in [0.15, 0.2) is 0 Å². The summed E-state index contributed by atoms with van der Waals surface area (Å²) in [6.45, 7) is 2.52. The van der Waals surface area contributed by atoms with Crippen LogP contribution in [0.5, 0.6) is 5.75 Å². The molecule has 0 radical (unpaired) electrons. The summed E-state index contributed by atoms with van der Waals surface area (Å²) in [6.07, 6.45) is 2.97. The van der Waals surface area contributed by atoms with Gasteiger partial charge in [0.2, 0.25) is 0 Å². The van der Waals surface area contributed by atoms with Crippen molar-refractivity contribution in [1.82, 2.24) is 4.90 Å². The molecule has 2 unspecified atom stereocenters. The minimum Gasteiger partial charge on any atom is -0.508 e. The average molecular weight is 367 g/mol. The Labute approximate surface area is 161 Å². The van der Waals surface area contributed by atoms with Gasteiger partial charge in [0.25, 0.3) is 0 Å². The molecule has 1 aliphatic heterocycles. The summed E-state index contributed by atoms with van der Waals surface area (Å²) in [6, 6.07) is 17.2. The largest absolute Gasteiger partial charge is 0.508 e. The zero-order valence-corrected chi connectivity index (χ0v) is 15.7. The van der Waals surface area contributed by atoms with Crippen LogP contribution in [0.4, 0.5) is 0 Å². The zero-order chi connectivity index (χ0) is 18.9. The number of hydrogen-bond acceptors (Lipinski definition) is 4. The summed E-state index contributed by atoms with van der Waals surface area (Å²) in [4.78, 5) is 2.32. The van der Waals surface area contributed by atoms with E-state index in [1.54, 1.807) is 24.3 Å². The van der Waals surface area contributed by atoms with E-state index in [2.05, 4.69) is 29.2 Å². The maximum absolute atomic E-state index is 11.0. The summed E-state index contributed by atoms with van der Waals surface area (Å²) < 4.78 is 0. The number of nitrogens with zero attached hydrogens (tertiary/aromatic N) is 1. The molecule has 4 rings (SSSR count). The summed E-state index contributed by atoms with van der Waals surface area (Å²) in [5.74, 6) is 1.27. The van der Waals surface area contributed by atoms with Gasteiger partial charge in [-0.3, -0.25) is 4.90 Å². The fourth-order valence-electron chi connectivity index (χ4n) is 4.98. The quantitative estimate of drug-likeness (QED) is 0.734. The van der Waals surface area contributed by atoms with E-state index in [1.807, 2.05) is 6.07 Å². The number of phenolic OH excluding ortho intramolecular Hbond substituents is 1. The zero-order valence-electron chi connectivity index (χ0n) is 15.7. The highest BCUT2D eigenvalue weighted by molar-refractivity contribution is 5.27.